The molecule has 3 rings (SSSR count). The van der Waals surface area contributed by atoms with Crippen molar-refractivity contribution in [2.75, 3.05) is 5.32 Å². The normalized spacial score (nSPS) is 11.8. The van der Waals surface area contributed by atoms with Crippen LogP contribution in [-0.4, -0.2) is 32.9 Å². The number of amides is 1. The third-order valence-electron chi connectivity index (χ3n) is 3.41. The van der Waals surface area contributed by atoms with Crippen molar-refractivity contribution in [1.29, 1.82) is 0 Å². The molecule has 0 saturated carbocycles. The number of nitrogens with one attached hydrogen (secondary N) is 1. The number of fused-ring (bicyclic) bond motifs is 1. The number of nitrogens with zero attached hydrogens (tertiary/aromatic N) is 3. The number of anilines is 1. The Morgan fingerprint density at radius 3 is 2.54 bits per heavy atom. The van der Waals surface area contributed by atoms with Crippen molar-refractivity contribution in [2.45, 2.75) is 13.0 Å². The van der Waals surface area contributed by atoms with Crippen LogP contribution in [0.5, 0.6) is 0 Å². The monoisotopic (exact) mass is 390 g/mol. The lowest BCUT2D eigenvalue weighted by atomic mass is 10.2. The lowest BCUT2D eigenvalue weighted by molar-refractivity contribution is -0.123. The minimum absolute atomic E-state index is 0.130. The number of hydrogen-bond acceptors (Lipinski definition) is 6. The van der Waals surface area contributed by atoms with Crippen LogP contribution >= 0.6 is 23.2 Å². The smallest absolute Gasteiger partial charge is 0.338 e. The second kappa shape index (κ2) is 7.63. The van der Waals surface area contributed by atoms with E-state index in [2.05, 4.69) is 20.3 Å². The molecular formula is C17H12Cl2N4O3. The van der Waals surface area contributed by atoms with Gasteiger partial charge in [-0.2, -0.15) is 0 Å². The molecule has 1 N–H and O–H groups in total. The summed E-state index contributed by atoms with van der Waals surface area (Å²) in [5.74, 6) is -1.10. The molecule has 0 aliphatic carbocycles. The molecule has 9 heteroatoms. The molecule has 0 saturated heterocycles. The van der Waals surface area contributed by atoms with Crippen molar-refractivity contribution in [3.8, 4) is 0 Å². The summed E-state index contributed by atoms with van der Waals surface area (Å²) in [6.07, 6.45) is 3.36. The van der Waals surface area contributed by atoms with Gasteiger partial charge in [0.1, 0.15) is 0 Å². The van der Waals surface area contributed by atoms with Crippen molar-refractivity contribution in [1.82, 2.24) is 15.0 Å². The Bertz CT molecular complexity index is 997. The summed E-state index contributed by atoms with van der Waals surface area (Å²) in [5.41, 5.74) is 1.47. The minimum atomic E-state index is -1.06. The average Bonchev–Trinajstić information content (AvgIpc) is 2.63. The quantitative estimate of drug-likeness (QED) is 0.684. The Morgan fingerprint density at radius 1 is 1.08 bits per heavy atom. The van der Waals surface area contributed by atoms with Gasteiger partial charge in [-0.3, -0.25) is 14.8 Å². The van der Waals surface area contributed by atoms with Crippen molar-refractivity contribution in [2.24, 2.45) is 0 Å². The predicted molar refractivity (Wildman–Crippen MR) is 97.3 cm³/mol. The maximum absolute atomic E-state index is 12.3. The first-order valence-corrected chi connectivity index (χ1v) is 8.23. The summed E-state index contributed by atoms with van der Waals surface area (Å²) in [6, 6.07) is 6.20. The number of halogens is 2. The van der Waals surface area contributed by atoms with Crippen LogP contribution in [0, 0.1) is 0 Å². The minimum Gasteiger partial charge on any atom is -0.449 e. The van der Waals surface area contributed by atoms with Gasteiger partial charge in [0, 0.05) is 18.6 Å². The lowest BCUT2D eigenvalue weighted by Gasteiger charge is -2.14. The number of pyridine rings is 1. The van der Waals surface area contributed by atoms with Crippen LogP contribution in [0.15, 0.2) is 42.9 Å². The van der Waals surface area contributed by atoms with Crippen molar-refractivity contribution < 1.29 is 14.3 Å². The van der Waals surface area contributed by atoms with E-state index in [-0.39, 0.29) is 16.4 Å². The molecule has 132 valence electrons. The van der Waals surface area contributed by atoms with E-state index in [4.69, 9.17) is 27.9 Å². The summed E-state index contributed by atoms with van der Waals surface area (Å²) in [4.78, 5) is 36.6. The summed E-state index contributed by atoms with van der Waals surface area (Å²) in [5, 5.41) is 3.00. The summed E-state index contributed by atoms with van der Waals surface area (Å²) >= 11 is 11.7. The van der Waals surface area contributed by atoms with E-state index in [1.54, 1.807) is 24.4 Å². The van der Waals surface area contributed by atoms with Crippen LogP contribution in [0.25, 0.3) is 11.0 Å². The second-order valence-corrected chi connectivity index (χ2v) is 6.12. The molecule has 0 unspecified atom stereocenters. The molecule has 1 amide bonds. The summed E-state index contributed by atoms with van der Waals surface area (Å²) < 4.78 is 5.19. The van der Waals surface area contributed by atoms with Crippen LogP contribution in [0.1, 0.15) is 17.3 Å². The number of benzene rings is 1. The zero-order valence-corrected chi connectivity index (χ0v) is 15.0. The summed E-state index contributed by atoms with van der Waals surface area (Å²) in [7, 11) is 0. The summed E-state index contributed by atoms with van der Waals surface area (Å²) in [6.45, 7) is 1.44. The number of esters is 1. The molecule has 7 nitrogen and oxygen atoms in total. The fourth-order valence-corrected chi connectivity index (χ4v) is 2.52. The number of carbonyl (C=O) groups excluding carboxylic acids is 2. The highest BCUT2D eigenvalue weighted by Gasteiger charge is 2.20. The van der Waals surface area contributed by atoms with Gasteiger partial charge in [0.05, 0.1) is 26.6 Å². The van der Waals surface area contributed by atoms with E-state index in [0.717, 1.165) is 0 Å². The van der Waals surface area contributed by atoms with Gasteiger partial charge in [0.2, 0.25) is 0 Å². The van der Waals surface area contributed by atoms with E-state index in [0.29, 0.717) is 16.1 Å². The van der Waals surface area contributed by atoms with E-state index in [9.17, 15) is 9.59 Å². The maximum atomic E-state index is 12.3. The third-order valence-corrected chi connectivity index (χ3v) is 3.90. The Balaban J connectivity index is 1.68. The van der Waals surface area contributed by atoms with Crippen LogP contribution in [0.2, 0.25) is 10.0 Å². The predicted octanol–water partition coefficient (Wildman–Crippen LogP) is 3.52. The zero-order valence-electron chi connectivity index (χ0n) is 13.4. The molecule has 0 bridgehead atoms. The topological polar surface area (TPSA) is 94.1 Å². The van der Waals surface area contributed by atoms with Crippen LogP contribution < -0.4 is 5.32 Å². The number of carbonyl (C=O) groups is 2. The Labute approximate surface area is 158 Å². The molecule has 0 radical (unpaired) electrons. The molecule has 0 spiro atoms. The highest BCUT2D eigenvalue weighted by molar-refractivity contribution is 6.36. The maximum Gasteiger partial charge on any atom is 0.338 e. The SMILES string of the molecule is C[C@@H](OC(=O)c1ccc2nccnc2c1)C(=O)Nc1ncc(Cl)cc1Cl. The van der Waals surface area contributed by atoms with Gasteiger partial charge in [0.25, 0.3) is 5.91 Å². The number of rotatable bonds is 4. The van der Waals surface area contributed by atoms with Crippen LogP contribution in [0.4, 0.5) is 5.82 Å². The standard InChI is InChI=1S/C17H12Cl2N4O3/c1-9(16(24)23-15-12(19)7-11(18)8-22-15)26-17(25)10-2-3-13-14(6-10)21-5-4-20-13/h2-9H,1H3,(H,22,23,24)/t9-/m1/s1. The van der Waals surface area contributed by atoms with E-state index < -0.39 is 18.0 Å². The molecular weight excluding hydrogens is 379 g/mol. The molecule has 26 heavy (non-hydrogen) atoms. The van der Waals surface area contributed by atoms with Gasteiger partial charge in [-0.25, -0.2) is 9.78 Å². The van der Waals surface area contributed by atoms with Gasteiger partial charge in [0.15, 0.2) is 11.9 Å². The largest absolute Gasteiger partial charge is 0.449 e. The van der Waals surface area contributed by atoms with Crippen LogP contribution in [-0.2, 0) is 9.53 Å². The number of aromatic nitrogens is 3. The average molecular weight is 391 g/mol. The van der Waals surface area contributed by atoms with E-state index in [1.165, 1.54) is 25.4 Å². The molecule has 0 aliphatic heterocycles. The Hall–Kier alpha value is -2.77. The zero-order chi connectivity index (χ0) is 18.7. The molecule has 2 aromatic heterocycles. The van der Waals surface area contributed by atoms with E-state index >= 15 is 0 Å². The first-order valence-electron chi connectivity index (χ1n) is 7.47. The first kappa shape index (κ1) is 18.0. The van der Waals surface area contributed by atoms with Gasteiger partial charge < -0.3 is 10.1 Å². The molecule has 3 aromatic rings. The van der Waals surface area contributed by atoms with Crippen LogP contribution in [0.3, 0.4) is 0 Å². The van der Waals surface area contributed by atoms with Crippen molar-refractivity contribution in [3.05, 3.63) is 58.5 Å². The molecule has 2 heterocycles. The van der Waals surface area contributed by atoms with Gasteiger partial charge in [-0.1, -0.05) is 23.2 Å². The van der Waals surface area contributed by atoms with Gasteiger partial charge >= 0.3 is 5.97 Å². The Morgan fingerprint density at radius 2 is 1.81 bits per heavy atom. The Kier molecular flexibility index (Phi) is 5.29. The highest BCUT2D eigenvalue weighted by Crippen LogP contribution is 2.22. The molecule has 1 aromatic carbocycles. The van der Waals surface area contributed by atoms with Crippen molar-refractivity contribution >= 4 is 51.9 Å². The van der Waals surface area contributed by atoms with Gasteiger partial charge in [-0.15, -0.1) is 0 Å². The van der Waals surface area contributed by atoms with E-state index in [1.807, 2.05) is 0 Å². The number of hydrogen-bond donors (Lipinski definition) is 1. The molecule has 0 fully saturated rings. The second-order valence-electron chi connectivity index (χ2n) is 5.28. The first-order chi connectivity index (χ1) is 12.4. The fraction of sp³-hybridized carbons (Fsp3) is 0.118. The fourth-order valence-electron chi connectivity index (χ4n) is 2.10. The lowest BCUT2D eigenvalue weighted by Crippen LogP contribution is -2.30. The third kappa shape index (κ3) is 4.07. The number of ether oxygens (including phenoxy) is 1. The van der Waals surface area contributed by atoms with Crippen molar-refractivity contribution in [3.63, 3.8) is 0 Å². The highest BCUT2D eigenvalue weighted by atomic mass is 35.5. The molecule has 0 aliphatic rings. The molecule has 1 atom stereocenters. The van der Waals surface area contributed by atoms with Gasteiger partial charge in [-0.05, 0) is 31.2 Å².